The highest BCUT2D eigenvalue weighted by molar-refractivity contribution is 7.80. The third-order valence-electron chi connectivity index (χ3n) is 2.14. The van der Waals surface area contributed by atoms with E-state index in [2.05, 4.69) is 10.6 Å². The van der Waals surface area contributed by atoms with Gasteiger partial charge in [-0.25, -0.2) is 4.79 Å². The fourth-order valence-corrected chi connectivity index (χ4v) is 1.75. The number of esters is 1. The Kier molecular flexibility index (Phi) is 5.76. The lowest BCUT2D eigenvalue weighted by molar-refractivity contribution is 0.0378. The van der Waals surface area contributed by atoms with E-state index in [1.807, 2.05) is 27.7 Å². The van der Waals surface area contributed by atoms with E-state index in [0.717, 1.165) is 5.69 Å². The maximum absolute atomic E-state index is 11.7. The SMILES string of the molecule is CC(C)NC(=S)Nc1ccc(C(=O)OC(C)C)cc1. The summed E-state index contributed by atoms with van der Waals surface area (Å²) < 4.78 is 5.11. The van der Waals surface area contributed by atoms with Crippen molar-refractivity contribution in [3.63, 3.8) is 0 Å². The highest BCUT2D eigenvalue weighted by Gasteiger charge is 2.08. The Balaban J connectivity index is 2.61. The molecule has 0 aromatic heterocycles. The Labute approximate surface area is 119 Å². The van der Waals surface area contributed by atoms with Crippen LogP contribution in [0.15, 0.2) is 24.3 Å². The first-order chi connectivity index (χ1) is 8.88. The number of benzene rings is 1. The van der Waals surface area contributed by atoms with Crippen LogP contribution >= 0.6 is 12.2 Å². The number of rotatable bonds is 4. The molecule has 0 unspecified atom stereocenters. The molecule has 0 aliphatic carbocycles. The lowest BCUT2D eigenvalue weighted by Gasteiger charge is -2.13. The minimum absolute atomic E-state index is 0.117. The fourth-order valence-electron chi connectivity index (χ4n) is 1.40. The lowest BCUT2D eigenvalue weighted by atomic mass is 10.2. The molecule has 0 bridgehead atoms. The monoisotopic (exact) mass is 280 g/mol. The number of anilines is 1. The van der Waals surface area contributed by atoms with Crippen molar-refractivity contribution in [2.75, 3.05) is 5.32 Å². The van der Waals surface area contributed by atoms with Crippen molar-refractivity contribution in [2.45, 2.75) is 39.8 Å². The van der Waals surface area contributed by atoms with Crippen molar-refractivity contribution >= 4 is 29.0 Å². The quantitative estimate of drug-likeness (QED) is 0.656. The summed E-state index contributed by atoms with van der Waals surface area (Å²) in [6.45, 7) is 7.67. The van der Waals surface area contributed by atoms with Gasteiger partial charge in [0, 0.05) is 11.7 Å². The van der Waals surface area contributed by atoms with Gasteiger partial charge in [-0.05, 0) is 64.2 Å². The second kappa shape index (κ2) is 7.09. The molecule has 1 aromatic rings. The van der Waals surface area contributed by atoms with Crippen LogP contribution in [0, 0.1) is 0 Å². The third-order valence-corrected chi connectivity index (χ3v) is 2.36. The maximum atomic E-state index is 11.7. The van der Waals surface area contributed by atoms with Crippen LogP contribution < -0.4 is 10.6 Å². The standard InChI is InChI=1S/C14H20N2O2S/c1-9(2)15-14(19)16-12-7-5-11(6-8-12)13(17)18-10(3)4/h5-10H,1-4H3,(H2,15,16,19). The van der Waals surface area contributed by atoms with Gasteiger partial charge in [0.05, 0.1) is 11.7 Å². The van der Waals surface area contributed by atoms with Gasteiger partial charge in [0.1, 0.15) is 0 Å². The second-order valence-corrected chi connectivity index (χ2v) is 5.19. The molecule has 0 saturated heterocycles. The van der Waals surface area contributed by atoms with E-state index in [0.29, 0.717) is 10.7 Å². The highest BCUT2D eigenvalue weighted by atomic mass is 32.1. The number of carbonyl (C=O) groups excluding carboxylic acids is 1. The molecule has 0 fully saturated rings. The molecule has 4 nitrogen and oxygen atoms in total. The molecular formula is C14H20N2O2S. The minimum Gasteiger partial charge on any atom is -0.459 e. The Bertz CT molecular complexity index is 441. The van der Waals surface area contributed by atoms with Gasteiger partial charge >= 0.3 is 5.97 Å². The van der Waals surface area contributed by atoms with Gasteiger partial charge in [0.25, 0.3) is 0 Å². The van der Waals surface area contributed by atoms with E-state index in [4.69, 9.17) is 17.0 Å². The van der Waals surface area contributed by atoms with Gasteiger partial charge in [-0.2, -0.15) is 0 Å². The van der Waals surface area contributed by atoms with Gasteiger partial charge in [-0.15, -0.1) is 0 Å². The minimum atomic E-state index is -0.315. The van der Waals surface area contributed by atoms with E-state index >= 15 is 0 Å². The Morgan fingerprint density at radius 1 is 1.16 bits per heavy atom. The van der Waals surface area contributed by atoms with E-state index in [-0.39, 0.29) is 18.1 Å². The summed E-state index contributed by atoms with van der Waals surface area (Å²) in [4.78, 5) is 11.7. The number of ether oxygens (including phenoxy) is 1. The Morgan fingerprint density at radius 3 is 2.21 bits per heavy atom. The normalized spacial score (nSPS) is 10.4. The summed E-state index contributed by atoms with van der Waals surface area (Å²) >= 11 is 5.14. The van der Waals surface area contributed by atoms with E-state index < -0.39 is 0 Å². The summed E-state index contributed by atoms with van der Waals surface area (Å²) in [7, 11) is 0. The van der Waals surface area contributed by atoms with Gasteiger partial charge < -0.3 is 15.4 Å². The summed E-state index contributed by atoms with van der Waals surface area (Å²) in [5.41, 5.74) is 1.36. The molecule has 0 aliphatic heterocycles. The first-order valence-corrected chi connectivity index (χ1v) is 6.68. The molecule has 0 amide bonds. The Morgan fingerprint density at radius 2 is 1.74 bits per heavy atom. The van der Waals surface area contributed by atoms with Crippen LogP contribution in [-0.2, 0) is 4.74 Å². The second-order valence-electron chi connectivity index (χ2n) is 4.78. The molecular weight excluding hydrogens is 260 g/mol. The molecule has 0 spiro atoms. The Hall–Kier alpha value is -1.62. The largest absolute Gasteiger partial charge is 0.459 e. The lowest BCUT2D eigenvalue weighted by Crippen LogP contribution is -2.33. The third kappa shape index (κ3) is 5.70. The number of thiocarbonyl (C=S) groups is 1. The summed E-state index contributed by atoms with van der Waals surface area (Å²) in [6.07, 6.45) is -0.117. The predicted molar refractivity (Wildman–Crippen MR) is 81.5 cm³/mol. The zero-order chi connectivity index (χ0) is 14.4. The van der Waals surface area contributed by atoms with Crippen molar-refractivity contribution in [3.8, 4) is 0 Å². The van der Waals surface area contributed by atoms with Crippen molar-refractivity contribution < 1.29 is 9.53 Å². The molecule has 19 heavy (non-hydrogen) atoms. The molecule has 0 saturated carbocycles. The molecule has 0 heterocycles. The molecule has 1 aromatic carbocycles. The maximum Gasteiger partial charge on any atom is 0.338 e. The first kappa shape index (κ1) is 15.4. The first-order valence-electron chi connectivity index (χ1n) is 6.27. The van der Waals surface area contributed by atoms with E-state index in [1.165, 1.54) is 0 Å². The average molecular weight is 280 g/mol. The molecule has 0 atom stereocenters. The van der Waals surface area contributed by atoms with Gasteiger partial charge in [0.2, 0.25) is 0 Å². The summed E-state index contributed by atoms with van der Waals surface area (Å²) in [5, 5.41) is 6.69. The average Bonchev–Trinajstić information content (AvgIpc) is 2.27. The number of carbonyl (C=O) groups is 1. The van der Waals surface area contributed by atoms with E-state index in [1.54, 1.807) is 24.3 Å². The zero-order valence-electron chi connectivity index (χ0n) is 11.7. The van der Waals surface area contributed by atoms with Gasteiger partial charge in [-0.3, -0.25) is 0 Å². The van der Waals surface area contributed by atoms with Crippen molar-refractivity contribution in [3.05, 3.63) is 29.8 Å². The van der Waals surface area contributed by atoms with Crippen LogP contribution in [0.4, 0.5) is 5.69 Å². The van der Waals surface area contributed by atoms with Crippen molar-refractivity contribution in [1.82, 2.24) is 5.32 Å². The molecule has 0 aliphatic rings. The zero-order valence-corrected chi connectivity index (χ0v) is 12.5. The smallest absolute Gasteiger partial charge is 0.338 e. The van der Waals surface area contributed by atoms with Crippen LogP contribution in [-0.4, -0.2) is 23.2 Å². The number of nitrogens with one attached hydrogen (secondary N) is 2. The van der Waals surface area contributed by atoms with E-state index in [9.17, 15) is 4.79 Å². The summed E-state index contributed by atoms with van der Waals surface area (Å²) in [5.74, 6) is -0.315. The van der Waals surface area contributed by atoms with Crippen LogP contribution in [0.2, 0.25) is 0 Å². The van der Waals surface area contributed by atoms with Crippen LogP contribution in [0.5, 0.6) is 0 Å². The van der Waals surface area contributed by atoms with Gasteiger partial charge in [-0.1, -0.05) is 0 Å². The van der Waals surface area contributed by atoms with Crippen LogP contribution in [0.25, 0.3) is 0 Å². The van der Waals surface area contributed by atoms with Gasteiger partial charge in [0.15, 0.2) is 5.11 Å². The van der Waals surface area contributed by atoms with Crippen LogP contribution in [0.3, 0.4) is 0 Å². The molecule has 1 rings (SSSR count). The fraction of sp³-hybridized carbons (Fsp3) is 0.429. The molecule has 0 radical (unpaired) electrons. The topological polar surface area (TPSA) is 50.4 Å². The number of hydrogen-bond donors (Lipinski definition) is 2. The number of hydrogen-bond acceptors (Lipinski definition) is 3. The van der Waals surface area contributed by atoms with Crippen molar-refractivity contribution in [1.29, 1.82) is 0 Å². The molecule has 104 valence electrons. The molecule has 5 heteroatoms. The predicted octanol–water partition coefficient (Wildman–Crippen LogP) is 2.95. The summed E-state index contributed by atoms with van der Waals surface area (Å²) in [6, 6.07) is 7.30. The van der Waals surface area contributed by atoms with Crippen LogP contribution in [0.1, 0.15) is 38.1 Å². The van der Waals surface area contributed by atoms with Crippen molar-refractivity contribution in [2.24, 2.45) is 0 Å². The molecule has 2 N–H and O–H groups in total. The highest BCUT2D eigenvalue weighted by Crippen LogP contribution is 2.11.